The van der Waals surface area contributed by atoms with Crippen molar-refractivity contribution in [2.45, 2.75) is 5.92 Å². The third kappa shape index (κ3) is 2.88. The van der Waals surface area contributed by atoms with Gasteiger partial charge < -0.3 is 9.84 Å². The minimum atomic E-state index is -0.173. The highest BCUT2D eigenvalue weighted by Crippen LogP contribution is 2.40. The van der Waals surface area contributed by atoms with Crippen LogP contribution >= 0.6 is 0 Å². The van der Waals surface area contributed by atoms with Crippen LogP contribution in [0.25, 0.3) is 10.8 Å². The molecule has 0 radical (unpaired) electrons. The molecule has 1 heterocycles. The van der Waals surface area contributed by atoms with Crippen LogP contribution in [-0.4, -0.2) is 17.2 Å². The minimum absolute atomic E-state index is 0.173. The number of nitrogens with zero attached hydrogens (tertiary/aromatic N) is 1. The summed E-state index contributed by atoms with van der Waals surface area (Å²) in [6.07, 6.45) is 1.79. The molecule has 128 valence electrons. The molecule has 4 rings (SSSR count). The van der Waals surface area contributed by atoms with Crippen molar-refractivity contribution in [3.8, 4) is 11.5 Å². The second-order valence-electron chi connectivity index (χ2n) is 6.18. The van der Waals surface area contributed by atoms with Crippen LogP contribution in [0.5, 0.6) is 11.5 Å². The number of benzene rings is 3. The molecular weight excluding hydrogens is 322 g/mol. The van der Waals surface area contributed by atoms with E-state index in [1.807, 2.05) is 66.7 Å². The predicted octanol–water partition coefficient (Wildman–Crippen LogP) is 5.13. The summed E-state index contributed by atoms with van der Waals surface area (Å²) >= 11 is 0. The number of phenolic OH excluding ortho intramolecular Hbond substituents is 1. The summed E-state index contributed by atoms with van der Waals surface area (Å²) in [7, 11) is 1.65. The monoisotopic (exact) mass is 341 g/mol. The van der Waals surface area contributed by atoms with Gasteiger partial charge in [-0.25, -0.2) is 0 Å². The third-order valence-electron chi connectivity index (χ3n) is 4.67. The first-order valence-electron chi connectivity index (χ1n) is 8.53. The molecule has 0 aliphatic heterocycles. The molecule has 1 aromatic heterocycles. The average molecular weight is 341 g/mol. The van der Waals surface area contributed by atoms with Crippen LogP contribution in [0.1, 0.15) is 22.7 Å². The van der Waals surface area contributed by atoms with E-state index in [9.17, 15) is 5.11 Å². The number of pyridine rings is 1. The molecule has 0 aliphatic carbocycles. The Labute approximate surface area is 152 Å². The van der Waals surface area contributed by atoms with Gasteiger partial charge in [-0.3, -0.25) is 4.98 Å². The first kappa shape index (κ1) is 16.2. The minimum Gasteiger partial charge on any atom is -0.508 e. The zero-order valence-corrected chi connectivity index (χ0v) is 14.5. The number of hydrogen-bond donors (Lipinski definition) is 1. The Balaban J connectivity index is 1.98. The molecule has 1 unspecified atom stereocenters. The van der Waals surface area contributed by atoms with Gasteiger partial charge in [0.15, 0.2) is 0 Å². The quantitative estimate of drug-likeness (QED) is 0.559. The molecule has 1 N–H and O–H groups in total. The highest BCUT2D eigenvalue weighted by Gasteiger charge is 2.23. The molecule has 0 spiro atoms. The average Bonchev–Trinajstić information content (AvgIpc) is 2.71. The van der Waals surface area contributed by atoms with Crippen molar-refractivity contribution in [3.05, 3.63) is 102 Å². The number of ether oxygens (including phenoxy) is 1. The first-order valence-corrected chi connectivity index (χ1v) is 8.53. The Bertz CT molecular complexity index is 1030. The van der Waals surface area contributed by atoms with Gasteiger partial charge in [0, 0.05) is 11.8 Å². The summed E-state index contributed by atoms with van der Waals surface area (Å²) in [5, 5.41) is 12.9. The Hall–Kier alpha value is -3.33. The highest BCUT2D eigenvalue weighted by molar-refractivity contribution is 5.89. The van der Waals surface area contributed by atoms with Gasteiger partial charge >= 0.3 is 0 Å². The predicted molar refractivity (Wildman–Crippen MR) is 104 cm³/mol. The number of fused-ring (bicyclic) bond motifs is 1. The SMILES string of the molecule is COc1ccc(C(c2ccccn2)c2c(O)ccc3ccccc23)cc1. The van der Waals surface area contributed by atoms with Gasteiger partial charge in [0.2, 0.25) is 0 Å². The van der Waals surface area contributed by atoms with Crippen molar-refractivity contribution in [3.63, 3.8) is 0 Å². The molecule has 1 atom stereocenters. The zero-order chi connectivity index (χ0) is 17.9. The van der Waals surface area contributed by atoms with E-state index in [0.29, 0.717) is 0 Å². The van der Waals surface area contributed by atoms with Crippen molar-refractivity contribution in [2.75, 3.05) is 7.11 Å². The molecular formula is C23H19NO2. The van der Waals surface area contributed by atoms with Crippen LogP contribution in [0.3, 0.4) is 0 Å². The second kappa shape index (κ2) is 6.89. The van der Waals surface area contributed by atoms with Crippen molar-refractivity contribution in [1.82, 2.24) is 4.98 Å². The number of aromatic hydroxyl groups is 1. The summed E-state index contributed by atoms with van der Waals surface area (Å²) in [5.74, 6) is 0.902. The van der Waals surface area contributed by atoms with E-state index in [0.717, 1.165) is 33.3 Å². The third-order valence-corrected chi connectivity index (χ3v) is 4.67. The fraction of sp³-hybridized carbons (Fsp3) is 0.0870. The van der Waals surface area contributed by atoms with Gasteiger partial charge in [-0.15, -0.1) is 0 Å². The summed E-state index contributed by atoms with van der Waals surface area (Å²) in [4.78, 5) is 4.58. The summed E-state index contributed by atoms with van der Waals surface area (Å²) < 4.78 is 5.29. The number of rotatable bonds is 4. The van der Waals surface area contributed by atoms with Crippen molar-refractivity contribution in [1.29, 1.82) is 0 Å². The zero-order valence-electron chi connectivity index (χ0n) is 14.5. The van der Waals surface area contributed by atoms with E-state index < -0.39 is 0 Å². The molecule has 4 aromatic rings. The molecule has 0 saturated carbocycles. The van der Waals surface area contributed by atoms with Gasteiger partial charge in [0.1, 0.15) is 11.5 Å². The lowest BCUT2D eigenvalue weighted by Gasteiger charge is -2.21. The Kier molecular flexibility index (Phi) is 4.28. The number of aromatic nitrogens is 1. The summed E-state index contributed by atoms with van der Waals surface area (Å²) in [5.41, 5.74) is 2.81. The topological polar surface area (TPSA) is 42.4 Å². The van der Waals surface area contributed by atoms with Gasteiger partial charge in [0.05, 0.1) is 18.7 Å². The maximum atomic E-state index is 10.7. The van der Waals surface area contributed by atoms with Gasteiger partial charge in [0.25, 0.3) is 0 Å². The maximum absolute atomic E-state index is 10.7. The van der Waals surface area contributed by atoms with Crippen molar-refractivity contribution >= 4 is 10.8 Å². The van der Waals surface area contributed by atoms with E-state index in [1.54, 1.807) is 19.4 Å². The number of methoxy groups -OCH3 is 1. The Morgan fingerprint density at radius 3 is 2.35 bits per heavy atom. The molecule has 0 bridgehead atoms. The highest BCUT2D eigenvalue weighted by atomic mass is 16.5. The lowest BCUT2D eigenvalue weighted by atomic mass is 9.84. The van der Waals surface area contributed by atoms with Crippen LogP contribution in [0.15, 0.2) is 85.1 Å². The summed E-state index contributed by atoms with van der Waals surface area (Å²) in [6, 6.07) is 25.6. The van der Waals surface area contributed by atoms with Crippen molar-refractivity contribution in [2.24, 2.45) is 0 Å². The van der Waals surface area contributed by atoms with E-state index in [1.165, 1.54) is 0 Å². The largest absolute Gasteiger partial charge is 0.508 e. The Morgan fingerprint density at radius 1 is 0.846 bits per heavy atom. The van der Waals surface area contributed by atoms with E-state index in [4.69, 9.17) is 4.74 Å². The van der Waals surface area contributed by atoms with Crippen LogP contribution in [0.2, 0.25) is 0 Å². The molecule has 3 aromatic carbocycles. The molecule has 3 heteroatoms. The molecule has 0 saturated heterocycles. The van der Waals surface area contributed by atoms with Gasteiger partial charge in [-0.2, -0.15) is 0 Å². The fourth-order valence-corrected chi connectivity index (χ4v) is 3.42. The van der Waals surface area contributed by atoms with Crippen molar-refractivity contribution < 1.29 is 9.84 Å². The second-order valence-corrected chi connectivity index (χ2v) is 6.18. The normalized spacial score (nSPS) is 12.0. The lowest BCUT2D eigenvalue weighted by molar-refractivity contribution is 0.414. The van der Waals surface area contributed by atoms with Crippen LogP contribution < -0.4 is 4.74 Å². The number of hydrogen-bond acceptors (Lipinski definition) is 3. The Morgan fingerprint density at radius 2 is 1.62 bits per heavy atom. The van der Waals surface area contributed by atoms with E-state index in [2.05, 4.69) is 11.1 Å². The van der Waals surface area contributed by atoms with E-state index in [-0.39, 0.29) is 11.7 Å². The van der Waals surface area contributed by atoms with Gasteiger partial charge in [-0.1, -0.05) is 48.5 Å². The van der Waals surface area contributed by atoms with Crippen LogP contribution in [0.4, 0.5) is 0 Å². The lowest BCUT2D eigenvalue weighted by Crippen LogP contribution is -2.06. The smallest absolute Gasteiger partial charge is 0.120 e. The fourth-order valence-electron chi connectivity index (χ4n) is 3.42. The number of phenols is 1. The van der Waals surface area contributed by atoms with Crippen LogP contribution in [-0.2, 0) is 0 Å². The molecule has 26 heavy (non-hydrogen) atoms. The first-order chi connectivity index (χ1) is 12.8. The maximum Gasteiger partial charge on any atom is 0.120 e. The molecule has 0 amide bonds. The van der Waals surface area contributed by atoms with E-state index >= 15 is 0 Å². The van der Waals surface area contributed by atoms with Gasteiger partial charge in [-0.05, 0) is 46.7 Å². The molecule has 3 nitrogen and oxygen atoms in total. The standard InChI is InChI=1S/C23H19NO2/c1-26-18-12-9-17(10-13-18)22(20-8-4-5-15-24-20)23-19-7-3-2-6-16(19)11-14-21(23)25/h2-15,22,25H,1H3. The molecule has 0 aliphatic rings. The summed E-state index contributed by atoms with van der Waals surface area (Å²) in [6.45, 7) is 0. The molecule has 0 fully saturated rings. The van der Waals surface area contributed by atoms with Crippen LogP contribution in [0, 0.1) is 0 Å².